The van der Waals surface area contributed by atoms with Crippen molar-refractivity contribution in [2.75, 3.05) is 26.7 Å². The number of hydrogen-bond acceptors (Lipinski definition) is 3. The molecule has 6 heteroatoms. The highest BCUT2D eigenvalue weighted by molar-refractivity contribution is 8.01. The van der Waals surface area contributed by atoms with Crippen LogP contribution in [0.5, 0.6) is 0 Å². The second-order valence-electron chi connectivity index (χ2n) is 7.58. The maximum Gasteiger partial charge on any atom is 0.223 e. The summed E-state index contributed by atoms with van der Waals surface area (Å²) < 4.78 is 0.286. The van der Waals surface area contributed by atoms with Crippen LogP contribution in [-0.4, -0.2) is 43.3 Å². The Hall–Kier alpha value is -1.69. The zero-order valence-electron chi connectivity index (χ0n) is 16.3. The van der Waals surface area contributed by atoms with E-state index in [4.69, 9.17) is 0 Å². The van der Waals surface area contributed by atoms with Gasteiger partial charge in [-0.15, -0.1) is 11.8 Å². The van der Waals surface area contributed by atoms with E-state index >= 15 is 0 Å². The Morgan fingerprint density at radius 1 is 1.07 bits per heavy atom. The minimum absolute atomic E-state index is 0.218. The first-order valence-corrected chi connectivity index (χ1v) is 11.0. The van der Waals surface area contributed by atoms with E-state index in [1.807, 2.05) is 11.8 Å². The third-order valence-corrected chi connectivity index (χ3v) is 6.87. The number of aliphatic imine (C=N–C) groups is 1. The van der Waals surface area contributed by atoms with Crippen LogP contribution in [0.2, 0.25) is 0 Å². The quantitative estimate of drug-likeness (QED) is 0.364. The molecule has 0 aromatic heterocycles. The fraction of sp³-hybridized carbons (Fsp3) is 0.619. The molecule has 2 saturated carbocycles. The van der Waals surface area contributed by atoms with Crippen LogP contribution in [0.4, 0.5) is 0 Å². The first-order chi connectivity index (χ1) is 13.2. The number of nitrogens with zero attached hydrogens (tertiary/aromatic N) is 1. The molecular formula is C21H32N4OS. The zero-order chi connectivity index (χ0) is 19.0. The summed E-state index contributed by atoms with van der Waals surface area (Å²) in [5, 5.41) is 9.82. The molecule has 3 rings (SSSR count). The lowest BCUT2D eigenvalue weighted by molar-refractivity contribution is -0.125. The van der Waals surface area contributed by atoms with Crippen LogP contribution in [-0.2, 0) is 4.79 Å². The Morgan fingerprint density at radius 3 is 2.44 bits per heavy atom. The zero-order valence-corrected chi connectivity index (χ0v) is 17.1. The van der Waals surface area contributed by atoms with Crippen LogP contribution in [0.3, 0.4) is 0 Å². The van der Waals surface area contributed by atoms with E-state index in [0.717, 1.165) is 25.3 Å². The Kier molecular flexibility index (Phi) is 7.44. The molecule has 0 spiro atoms. The topological polar surface area (TPSA) is 65.5 Å². The summed E-state index contributed by atoms with van der Waals surface area (Å²) in [6.45, 7) is 2.23. The van der Waals surface area contributed by atoms with Crippen LogP contribution in [0.1, 0.15) is 44.9 Å². The van der Waals surface area contributed by atoms with Gasteiger partial charge in [-0.05, 0) is 37.8 Å². The van der Waals surface area contributed by atoms with Crippen LogP contribution in [0, 0.1) is 5.92 Å². The number of guanidine groups is 1. The van der Waals surface area contributed by atoms with Crippen molar-refractivity contribution in [2.45, 2.75) is 54.6 Å². The summed E-state index contributed by atoms with van der Waals surface area (Å²) in [5.41, 5.74) is 0. The van der Waals surface area contributed by atoms with E-state index in [9.17, 15) is 4.79 Å². The molecule has 0 aliphatic heterocycles. The van der Waals surface area contributed by atoms with E-state index in [-0.39, 0.29) is 16.6 Å². The molecule has 0 heterocycles. The molecule has 0 saturated heterocycles. The van der Waals surface area contributed by atoms with Gasteiger partial charge in [0.05, 0.1) is 0 Å². The van der Waals surface area contributed by atoms with Gasteiger partial charge in [-0.25, -0.2) is 0 Å². The molecule has 27 heavy (non-hydrogen) atoms. The standard InChI is InChI=1S/C21H32N4OS/c1-22-20(24-15-14-23-19(26)17-8-4-2-5-9-17)25-16-21(12-13-21)27-18-10-6-3-7-11-18/h3,6-7,10-11,17H,2,4-5,8-9,12-16H2,1H3,(H,23,26)(H2,22,24,25). The van der Waals surface area contributed by atoms with Crippen LogP contribution < -0.4 is 16.0 Å². The van der Waals surface area contributed by atoms with Gasteiger partial charge in [0, 0.05) is 42.2 Å². The Labute approximate surface area is 167 Å². The molecule has 1 aromatic rings. The Balaban J connectivity index is 1.33. The number of benzene rings is 1. The highest BCUT2D eigenvalue weighted by atomic mass is 32.2. The molecule has 0 atom stereocenters. The van der Waals surface area contributed by atoms with Crippen LogP contribution >= 0.6 is 11.8 Å². The van der Waals surface area contributed by atoms with Crippen molar-refractivity contribution >= 4 is 23.6 Å². The van der Waals surface area contributed by atoms with Gasteiger partial charge in [0.1, 0.15) is 0 Å². The summed E-state index contributed by atoms with van der Waals surface area (Å²) in [7, 11) is 1.79. The molecule has 5 nitrogen and oxygen atoms in total. The largest absolute Gasteiger partial charge is 0.355 e. The number of hydrogen-bond donors (Lipinski definition) is 3. The van der Waals surface area contributed by atoms with Crippen molar-refractivity contribution in [1.29, 1.82) is 0 Å². The van der Waals surface area contributed by atoms with Crippen molar-refractivity contribution in [2.24, 2.45) is 10.9 Å². The molecular weight excluding hydrogens is 356 g/mol. The molecule has 2 aliphatic rings. The van der Waals surface area contributed by atoms with Gasteiger partial charge in [0.15, 0.2) is 5.96 Å². The second-order valence-corrected chi connectivity index (χ2v) is 9.12. The summed E-state index contributed by atoms with van der Waals surface area (Å²) in [4.78, 5) is 17.8. The van der Waals surface area contributed by atoms with Gasteiger partial charge in [-0.1, -0.05) is 37.5 Å². The normalized spacial score (nSPS) is 19.4. The maximum atomic E-state index is 12.2. The lowest BCUT2D eigenvalue weighted by atomic mass is 9.89. The van der Waals surface area contributed by atoms with E-state index < -0.39 is 0 Å². The van der Waals surface area contributed by atoms with Gasteiger partial charge in [0.2, 0.25) is 5.91 Å². The minimum Gasteiger partial charge on any atom is -0.355 e. The monoisotopic (exact) mass is 388 g/mol. The Morgan fingerprint density at radius 2 is 1.78 bits per heavy atom. The van der Waals surface area contributed by atoms with Crippen molar-refractivity contribution in [3.05, 3.63) is 30.3 Å². The molecule has 0 unspecified atom stereocenters. The average molecular weight is 389 g/mol. The predicted octanol–water partition coefficient (Wildman–Crippen LogP) is 3.17. The van der Waals surface area contributed by atoms with E-state index in [0.29, 0.717) is 13.1 Å². The van der Waals surface area contributed by atoms with E-state index in [1.165, 1.54) is 37.0 Å². The minimum atomic E-state index is 0.218. The molecule has 3 N–H and O–H groups in total. The number of thioether (sulfide) groups is 1. The first-order valence-electron chi connectivity index (χ1n) is 10.2. The predicted molar refractivity (Wildman–Crippen MR) is 113 cm³/mol. The smallest absolute Gasteiger partial charge is 0.223 e. The van der Waals surface area contributed by atoms with Crippen molar-refractivity contribution < 1.29 is 4.79 Å². The van der Waals surface area contributed by atoms with Gasteiger partial charge in [-0.2, -0.15) is 0 Å². The van der Waals surface area contributed by atoms with Crippen molar-refractivity contribution in [1.82, 2.24) is 16.0 Å². The summed E-state index contributed by atoms with van der Waals surface area (Å²) in [6.07, 6.45) is 8.21. The lowest BCUT2D eigenvalue weighted by Gasteiger charge is -2.21. The number of carbonyl (C=O) groups is 1. The average Bonchev–Trinajstić information content (AvgIpc) is 3.48. The summed E-state index contributed by atoms with van der Waals surface area (Å²) in [5.74, 6) is 1.25. The molecule has 1 aromatic carbocycles. The summed E-state index contributed by atoms with van der Waals surface area (Å²) in [6, 6.07) is 10.6. The fourth-order valence-corrected chi connectivity index (χ4v) is 4.78. The van der Waals surface area contributed by atoms with Crippen molar-refractivity contribution in [3.63, 3.8) is 0 Å². The third kappa shape index (κ3) is 6.45. The van der Waals surface area contributed by atoms with Gasteiger partial charge < -0.3 is 16.0 Å². The van der Waals surface area contributed by atoms with Crippen molar-refractivity contribution in [3.8, 4) is 0 Å². The van der Waals surface area contributed by atoms with E-state index in [1.54, 1.807) is 7.05 Å². The first kappa shape index (κ1) is 20.1. The molecule has 0 bridgehead atoms. The Bertz CT molecular complexity index is 624. The van der Waals surface area contributed by atoms with Crippen LogP contribution in [0.15, 0.2) is 40.2 Å². The summed E-state index contributed by atoms with van der Waals surface area (Å²) >= 11 is 1.96. The van der Waals surface area contributed by atoms with Crippen LogP contribution in [0.25, 0.3) is 0 Å². The molecule has 2 fully saturated rings. The number of carbonyl (C=O) groups excluding carboxylic acids is 1. The fourth-order valence-electron chi connectivity index (χ4n) is 3.53. The van der Waals surface area contributed by atoms with Gasteiger partial charge in [-0.3, -0.25) is 9.79 Å². The number of nitrogens with one attached hydrogen (secondary N) is 3. The molecule has 0 radical (unpaired) electrons. The molecule has 2 aliphatic carbocycles. The number of rotatable bonds is 8. The van der Waals surface area contributed by atoms with Gasteiger partial charge in [0.25, 0.3) is 0 Å². The second kappa shape index (κ2) is 10.0. The maximum absolute atomic E-state index is 12.2. The van der Waals surface area contributed by atoms with Gasteiger partial charge >= 0.3 is 0 Å². The van der Waals surface area contributed by atoms with E-state index in [2.05, 4.69) is 51.3 Å². The molecule has 148 valence electrons. The SMILES string of the molecule is CN=C(NCCNC(=O)C1CCCCC1)NCC1(Sc2ccccc2)CC1. The lowest BCUT2D eigenvalue weighted by Crippen LogP contribution is -2.44. The molecule has 1 amide bonds. The highest BCUT2D eigenvalue weighted by Gasteiger charge is 2.43. The number of amides is 1. The highest BCUT2D eigenvalue weighted by Crippen LogP contribution is 2.51. The third-order valence-electron chi connectivity index (χ3n) is 5.38.